The molecule has 0 bridgehead atoms. The molecule has 0 radical (unpaired) electrons. The van der Waals surface area contributed by atoms with E-state index >= 15 is 0 Å². The van der Waals surface area contributed by atoms with Crippen molar-refractivity contribution in [2.24, 2.45) is 5.92 Å². The molecule has 3 rings (SSSR count). The molecule has 0 fully saturated rings. The number of nitrogens with one attached hydrogen (secondary N) is 1. The molecule has 0 saturated heterocycles. The van der Waals surface area contributed by atoms with E-state index in [-0.39, 0.29) is 12.0 Å². The number of amides is 1. The van der Waals surface area contributed by atoms with Gasteiger partial charge in [-0.3, -0.25) is 4.79 Å². The van der Waals surface area contributed by atoms with E-state index in [1.54, 1.807) is 0 Å². The minimum atomic E-state index is -1.59. The largest absolute Gasteiger partial charge is 0.383 e. The molecule has 1 aromatic heterocycles. The second kappa shape index (κ2) is 9.03. The molecule has 1 amide bonds. The average Bonchev–Trinajstić information content (AvgIpc) is 3.14. The zero-order chi connectivity index (χ0) is 21.1. The summed E-state index contributed by atoms with van der Waals surface area (Å²) in [5.74, 6) is -0.0547. The number of hydrogen-bond donors (Lipinski definition) is 3. The van der Waals surface area contributed by atoms with E-state index in [0.717, 1.165) is 15.8 Å². The number of carbonyl (C=O) groups is 1. The van der Waals surface area contributed by atoms with Crippen LogP contribution in [0.1, 0.15) is 61.9 Å². The second-order valence-corrected chi connectivity index (χ2v) is 9.02. The fourth-order valence-electron chi connectivity index (χ4n) is 3.26. The lowest BCUT2D eigenvalue weighted by Gasteiger charge is -2.25. The van der Waals surface area contributed by atoms with Crippen LogP contribution in [0.2, 0.25) is 0 Å². The minimum Gasteiger partial charge on any atom is -0.383 e. The standard InChI is InChI=1S/C23H28N2O3S/c1-13(2)15-9-11-16(12-10-15)19(14(3)4)25-22(28)20(26)21(27)23-24-17-7-5-6-8-18(17)29-23/h5-14,19-21,26-27H,1-4H3,(H,25,28). The molecule has 2 aromatic carbocycles. The molecule has 29 heavy (non-hydrogen) atoms. The molecule has 0 saturated carbocycles. The van der Waals surface area contributed by atoms with Gasteiger partial charge in [0, 0.05) is 0 Å². The lowest BCUT2D eigenvalue weighted by atomic mass is 9.93. The van der Waals surface area contributed by atoms with E-state index < -0.39 is 18.1 Å². The summed E-state index contributed by atoms with van der Waals surface area (Å²) in [6, 6.07) is 15.4. The lowest BCUT2D eigenvalue weighted by Crippen LogP contribution is -2.41. The van der Waals surface area contributed by atoms with Gasteiger partial charge in [-0.25, -0.2) is 4.98 Å². The first kappa shape index (κ1) is 21.4. The third kappa shape index (κ3) is 4.83. The molecule has 3 atom stereocenters. The van der Waals surface area contributed by atoms with Crippen molar-refractivity contribution in [3.8, 4) is 0 Å². The topological polar surface area (TPSA) is 82.5 Å². The van der Waals surface area contributed by atoms with E-state index in [0.29, 0.717) is 10.9 Å². The Balaban J connectivity index is 1.74. The first-order valence-electron chi connectivity index (χ1n) is 9.89. The average molecular weight is 413 g/mol. The summed E-state index contributed by atoms with van der Waals surface area (Å²) in [5.41, 5.74) is 2.94. The van der Waals surface area contributed by atoms with Crippen molar-refractivity contribution in [2.45, 2.75) is 51.9 Å². The summed E-state index contributed by atoms with van der Waals surface area (Å²) in [5, 5.41) is 24.2. The van der Waals surface area contributed by atoms with Crippen molar-refractivity contribution in [2.75, 3.05) is 0 Å². The quantitative estimate of drug-likeness (QED) is 0.539. The summed E-state index contributed by atoms with van der Waals surface area (Å²) in [4.78, 5) is 17.0. The first-order chi connectivity index (χ1) is 13.8. The molecule has 3 N–H and O–H groups in total. The molecule has 154 valence electrons. The number of hydrogen-bond acceptors (Lipinski definition) is 5. The van der Waals surface area contributed by atoms with E-state index in [4.69, 9.17) is 0 Å². The van der Waals surface area contributed by atoms with Gasteiger partial charge in [-0.2, -0.15) is 0 Å². The molecule has 0 aliphatic rings. The third-order valence-corrected chi connectivity index (χ3v) is 6.16. The Morgan fingerprint density at radius 1 is 0.966 bits per heavy atom. The monoisotopic (exact) mass is 412 g/mol. The Morgan fingerprint density at radius 3 is 2.17 bits per heavy atom. The number of nitrogens with zero attached hydrogens (tertiary/aromatic N) is 1. The minimum absolute atomic E-state index is 0.121. The van der Waals surface area contributed by atoms with Gasteiger partial charge in [0.1, 0.15) is 11.1 Å². The van der Waals surface area contributed by atoms with Crippen LogP contribution in [-0.2, 0) is 4.79 Å². The maximum absolute atomic E-state index is 12.7. The fraction of sp³-hybridized carbons (Fsp3) is 0.391. The number of thiazole rings is 1. The molecule has 6 heteroatoms. The number of aliphatic hydroxyl groups excluding tert-OH is 2. The molecule has 0 aliphatic carbocycles. The number of rotatable bonds is 7. The zero-order valence-corrected chi connectivity index (χ0v) is 18.0. The van der Waals surface area contributed by atoms with Crippen molar-refractivity contribution >= 4 is 27.5 Å². The Labute approximate surface area is 175 Å². The van der Waals surface area contributed by atoms with Gasteiger partial charge in [-0.1, -0.05) is 64.1 Å². The first-order valence-corrected chi connectivity index (χ1v) is 10.7. The van der Waals surface area contributed by atoms with E-state index in [1.165, 1.54) is 16.9 Å². The Kier molecular flexibility index (Phi) is 6.67. The Bertz CT molecular complexity index is 933. The van der Waals surface area contributed by atoms with Crippen LogP contribution >= 0.6 is 11.3 Å². The van der Waals surface area contributed by atoms with Gasteiger partial charge in [0.05, 0.1) is 16.3 Å². The summed E-state index contributed by atoms with van der Waals surface area (Å²) in [7, 11) is 0. The summed E-state index contributed by atoms with van der Waals surface area (Å²) >= 11 is 1.28. The second-order valence-electron chi connectivity index (χ2n) is 7.96. The van der Waals surface area contributed by atoms with Gasteiger partial charge < -0.3 is 15.5 Å². The highest BCUT2D eigenvalue weighted by Crippen LogP contribution is 2.29. The number of para-hydroxylation sites is 1. The third-order valence-electron chi connectivity index (χ3n) is 5.06. The van der Waals surface area contributed by atoms with Crippen LogP contribution in [0.4, 0.5) is 0 Å². The maximum atomic E-state index is 12.7. The predicted molar refractivity (Wildman–Crippen MR) is 117 cm³/mol. The molecule has 1 heterocycles. The van der Waals surface area contributed by atoms with Gasteiger partial charge in [0.2, 0.25) is 0 Å². The van der Waals surface area contributed by atoms with Crippen LogP contribution in [0.15, 0.2) is 48.5 Å². The fourth-order valence-corrected chi connectivity index (χ4v) is 4.24. The van der Waals surface area contributed by atoms with E-state index in [1.807, 2.05) is 50.2 Å². The van der Waals surface area contributed by atoms with Crippen LogP contribution in [0.5, 0.6) is 0 Å². The van der Waals surface area contributed by atoms with E-state index in [9.17, 15) is 15.0 Å². The molecular formula is C23H28N2O3S. The number of carbonyl (C=O) groups excluding carboxylic acids is 1. The number of fused-ring (bicyclic) bond motifs is 1. The molecule has 3 aromatic rings. The van der Waals surface area contributed by atoms with Crippen molar-refractivity contribution in [1.82, 2.24) is 10.3 Å². The summed E-state index contributed by atoms with van der Waals surface area (Å²) in [6.45, 7) is 8.29. The lowest BCUT2D eigenvalue weighted by molar-refractivity contribution is -0.136. The Morgan fingerprint density at radius 2 is 1.59 bits per heavy atom. The van der Waals surface area contributed by atoms with Crippen molar-refractivity contribution < 1.29 is 15.0 Å². The van der Waals surface area contributed by atoms with Crippen LogP contribution in [0.3, 0.4) is 0 Å². The molecular weight excluding hydrogens is 384 g/mol. The van der Waals surface area contributed by atoms with Gasteiger partial charge in [-0.05, 0) is 35.1 Å². The predicted octanol–water partition coefficient (Wildman–Crippen LogP) is 4.33. The van der Waals surface area contributed by atoms with Crippen LogP contribution in [0, 0.1) is 5.92 Å². The highest BCUT2D eigenvalue weighted by atomic mass is 32.1. The Hall–Kier alpha value is -2.28. The van der Waals surface area contributed by atoms with Crippen LogP contribution < -0.4 is 5.32 Å². The smallest absolute Gasteiger partial charge is 0.252 e. The van der Waals surface area contributed by atoms with Crippen molar-refractivity contribution in [3.63, 3.8) is 0 Å². The number of aliphatic hydroxyl groups is 2. The normalized spacial score (nSPS) is 14.9. The summed E-state index contributed by atoms with van der Waals surface area (Å²) in [6.07, 6.45) is -2.96. The molecule has 3 unspecified atom stereocenters. The van der Waals surface area contributed by atoms with Crippen molar-refractivity contribution in [3.05, 3.63) is 64.7 Å². The summed E-state index contributed by atoms with van der Waals surface area (Å²) < 4.78 is 0.902. The zero-order valence-electron chi connectivity index (χ0n) is 17.2. The van der Waals surface area contributed by atoms with Crippen molar-refractivity contribution in [1.29, 1.82) is 0 Å². The number of aromatic nitrogens is 1. The SMILES string of the molecule is CC(C)c1ccc(C(NC(=O)C(O)C(O)c2nc3ccccc3s2)C(C)C)cc1. The maximum Gasteiger partial charge on any atom is 0.252 e. The van der Waals surface area contributed by atoms with Gasteiger partial charge in [0.15, 0.2) is 6.10 Å². The highest BCUT2D eigenvalue weighted by molar-refractivity contribution is 7.18. The number of benzene rings is 2. The van der Waals surface area contributed by atoms with Gasteiger partial charge in [0.25, 0.3) is 5.91 Å². The molecule has 0 aliphatic heterocycles. The van der Waals surface area contributed by atoms with Crippen LogP contribution in [-0.4, -0.2) is 27.2 Å². The molecule has 5 nitrogen and oxygen atoms in total. The molecule has 0 spiro atoms. The highest BCUT2D eigenvalue weighted by Gasteiger charge is 2.30. The van der Waals surface area contributed by atoms with Gasteiger partial charge in [-0.15, -0.1) is 11.3 Å². The van der Waals surface area contributed by atoms with Gasteiger partial charge >= 0.3 is 0 Å². The van der Waals surface area contributed by atoms with E-state index in [2.05, 4.69) is 36.3 Å². The van der Waals surface area contributed by atoms with Crippen LogP contribution in [0.25, 0.3) is 10.2 Å².